The Kier molecular flexibility index (Phi) is 2.60. The lowest BCUT2D eigenvalue weighted by Gasteiger charge is -2.09. The van der Waals surface area contributed by atoms with Gasteiger partial charge in [0.05, 0.1) is 12.2 Å². The van der Waals surface area contributed by atoms with E-state index in [9.17, 15) is 13.6 Å². The van der Waals surface area contributed by atoms with E-state index in [-0.39, 0.29) is 6.54 Å². The fraction of sp³-hybridized carbons (Fsp3) is 0.429. The summed E-state index contributed by atoms with van der Waals surface area (Å²) >= 11 is 0. The third kappa shape index (κ3) is 2.81. The molecular weight excluding hydrogens is 180 g/mol. The second-order valence-electron chi connectivity index (χ2n) is 2.65. The van der Waals surface area contributed by atoms with Crippen LogP contribution in [0.25, 0.3) is 0 Å². The van der Waals surface area contributed by atoms with Gasteiger partial charge in [-0.25, -0.2) is 0 Å². The maximum Gasteiger partial charge on any atom is 0.321 e. The minimum absolute atomic E-state index is 0.0300. The number of hydrogen-bond acceptors (Lipinski definition) is 2. The van der Waals surface area contributed by atoms with E-state index in [1.54, 1.807) is 6.07 Å². The Morgan fingerprint density at radius 2 is 2.46 bits per heavy atom. The lowest BCUT2D eigenvalue weighted by molar-refractivity contribution is -0.143. The number of alkyl halides is 2. The molecule has 0 spiro atoms. The van der Waals surface area contributed by atoms with Crippen molar-refractivity contribution in [2.45, 2.75) is 19.4 Å². The summed E-state index contributed by atoms with van der Waals surface area (Å²) in [6, 6.07) is 1.59. The molecule has 1 aromatic rings. The number of aromatic amines is 1. The highest BCUT2D eigenvalue weighted by molar-refractivity contribution is 5.82. The van der Waals surface area contributed by atoms with Crippen molar-refractivity contribution >= 4 is 5.91 Å². The van der Waals surface area contributed by atoms with Gasteiger partial charge in [0.1, 0.15) is 0 Å². The van der Waals surface area contributed by atoms with Gasteiger partial charge in [0.15, 0.2) is 0 Å². The molecule has 6 heteroatoms. The summed E-state index contributed by atoms with van der Waals surface area (Å²) in [5.41, 5.74) is 0.581. The Morgan fingerprint density at radius 3 is 2.92 bits per heavy atom. The number of nitrogens with zero attached hydrogens (tertiary/aromatic N) is 1. The van der Waals surface area contributed by atoms with Gasteiger partial charge in [0, 0.05) is 13.1 Å². The molecule has 13 heavy (non-hydrogen) atoms. The SMILES string of the molecule is CC(F)(F)C(=O)NCc1ccn[nH]1. The summed E-state index contributed by atoms with van der Waals surface area (Å²) in [4.78, 5) is 10.7. The minimum Gasteiger partial charge on any atom is -0.345 e. The zero-order chi connectivity index (χ0) is 9.90. The Hall–Kier alpha value is -1.46. The van der Waals surface area contributed by atoms with Gasteiger partial charge >= 0.3 is 5.92 Å². The molecule has 0 radical (unpaired) electrons. The van der Waals surface area contributed by atoms with Gasteiger partial charge in [-0.2, -0.15) is 13.9 Å². The van der Waals surface area contributed by atoms with E-state index in [1.165, 1.54) is 6.20 Å². The maximum atomic E-state index is 12.3. The predicted octanol–water partition coefficient (Wildman–Crippen LogP) is 0.681. The van der Waals surface area contributed by atoms with Crippen LogP contribution in [-0.2, 0) is 11.3 Å². The number of hydrogen-bond donors (Lipinski definition) is 2. The summed E-state index contributed by atoms with van der Waals surface area (Å²) in [7, 11) is 0. The first-order chi connectivity index (χ1) is 6.00. The fourth-order valence-corrected chi connectivity index (χ4v) is 0.714. The van der Waals surface area contributed by atoms with E-state index in [2.05, 4.69) is 15.5 Å². The van der Waals surface area contributed by atoms with Gasteiger partial charge in [0.25, 0.3) is 5.91 Å². The van der Waals surface area contributed by atoms with Crippen molar-refractivity contribution < 1.29 is 13.6 Å². The number of H-pyrrole nitrogens is 1. The van der Waals surface area contributed by atoms with Gasteiger partial charge in [-0.05, 0) is 6.07 Å². The van der Waals surface area contributed by atoms with Gasteiger partial charge in [0.2, 0.25) is 0 Å². The second-order valence-corrected chi connectivity index (χ2v) is 2.65. The molecule has 0 aliphatic carbocycles. The van der Waals surface area contributed by atoms with Crippen molar-refractivity contribution in [1.29, 1.82) is 0 Å². The molecule has 0 aliphatic heterocycles. The van der Waals surface area contributed by atoms with Crippen molar-refractivity contribution in [3.05, 3.63) is 18.0 Å². The van der Waals surface area contributed by atoms with Crippen LogP contribution in [-0.4, -0.2) is 22.0 Å². The van der Waals surface area contributed by atoms with Crippen LogP contribution in [0, 0.1) is 0 Å². The molecule has 1 heterocycles. The van der Waals surface area contributed by atoms with E-state index < -0.39 is 11.8 Å². The van der Waals surface area contributed by atoms with Gasteiger partial charge in [-0.3, -0.25) is 9.89 Å². The third-order valence-electron chi connectivity index (χ3n) is 1.40. The summed E-state index contributed by atoms with van der Waals surface area (Å²) in [5.74, 6) is -4.62. The average Bonchev–Trinajstić information content (AvgIpc) is 2.50. The second kappa shape index (κ2) is 3.51. The Balaban J connectivity index is 2.40. The first-order valence-corrected chi connectivity index (χ1v) is 3.64. The predicted molar refractivity (Wildman–Crippen MR) is 41.1 cm³/mol. The number of aromatic nitrogens is 2. The van der Waals surface area contributed by atoms with E-state index in [0.29, 0.717) is 12.6 Å². The molecule has 0 aliphatic rings. The van der Waals surface area contributed by atoms with Crippen molar-refractivity contribution in [2.24, 2.45) is 0 Å². The summed E-state index contributed by atoms with van der Waals surface area (Å²) < 4.78 is 24.6. The molecule has 0 bridgehead atoms. The quantitative estimate of drug-likeness (QED) is 0.734. The molecule has 1 amide bonds. The first-order valence-electron chi connectivity index (χ1n) is 3.64. The smallest absolute Gasteiger partial charge is 0.321 e. The van der Waals surface area contributed by atoms with Crippen LogP contribution in [0.4, 0.5) is 8.78 Å². The van der Waals surface area contributed by atoms with Gasteiger partial charge in [-0.1, -0.05) is 0 Å². The van der Waals surface area contributed by atoms with Crippen LogP contribution in [0.5, 0.6) is 0 Å². The average molecular weight is 189 g/mol. The molecule has 0 atom stereocenters. The zero-order valence-electron chi connectivity index (χ0n) is 6.97. The lowest BCUT2D eigenvalue weighted by atomic mass is 10.3. The van der Waals surface area contributed by atoms with Crippen LogP contribution < -0.4 is 5.32 Å². The Morgan fingerprint density at radius 1 is 1.77 bits per heavy atom. The molecule has 0 saturated carbocycles. The number of halogens is 2. The minimum atomic E-state index is -3.33. The van der Waals surface area contributed by atoms with E-state index in [1.807, 2.05) is 0 Å². The number of nitrogens with one attached hydrogen (secondary N) is 2. The molecule has 4 nitrogen and oxygen atoms in total. The molecule has 0 unspecified atom stereocenters. The molecule has 0 fully saturated rings. The molecule has 1 rings (SSSR count). The molecule has 0 saturated heterocycles. The van der Waals surface area contributed by atoms with Crippen LogP contribution in [0.15, 0.2) is 12.3 Å². The summed E-state index contributed by atoms with van der Waals surface area (Å²) in [6.07, 6.45) is 1.48. The van der Waals surface area contributed by atoms with E-state index in [4.69, 9.17) is 0 Å². The monoisotopic (exact) mass is 189 g/mol. The highest BCUT2D eigenvalue weighted by atomic mass is 19.3. The molecule has 0 aromatic carbocycles. The Bertz CT molecular complexity index is 278. The lowest BCUT2D eigenvalue weighted by Crippen LogP contribution is -2.37. The molecule has 2 N–H and O–H groups in total. The highest BCUT2D eigenvalue weighted by Gasteiger charge is 2.31. The van der Waals surface area contributed by atoms with E-state index >= 15 is 0 Å². The largest absolute Gasteiger partial charge is 0.345 e. The summed E-state index contributed by atoms with van der Waals surface area (Å²) in [6.45, 7) is 0.581. The van der Waals surface area contributed by atoms with Crippen molar-refractivity contribution in [3.63, 3.8) is 0 Å². The van der Waals surface area contributed by atoms with Gasteiger partial charge < -0.3 is 5.32 Å². The van der Waals surface area contributed by atoms with Crippen molar-refractivity contribution in [1.82, 2.24) is 15.5 Å². The normalized spacial score (nSPS) is 11.3. The third-order valence-corrected chi connectivity index (χ3v) is 1.40. The number of rotatable bonds is 3. The van der Waals surface area contributed by atoms with Crippen molar-refractivity contribution in [2.75, 3.05) is 0 Å². The zero-order valence-corrected chi connectivity index (χ0v) is 6.97. The van der Waals surface area contributed by atoms with Crippen molar-refractivity contribution in [3.8, 4) is 0 Å². The number of amides is 1. The standard InChI is InChI=1S/C7H9F2N3O/c1-7(8,9)6(13)10-4-5-2-3-11-12-5/h2-3H,4H2,1H3,(H,10,13)(H,11,12). The first kappa shape index (κ1) is 9.63. The highest BCUT2D eigenvalue weighted by Crippen LogP contribution is 2.10. The fourth-order valence-electron chi connectivity index (χ4n) is 0.714. The van der Waals surface area contributed by atoms with Crippen LogP contribution in [0.2, 0.25) is 0 Å². The number of carbonyl (C=O) groups excluding carboxylic acids is 1. The van der Waals surface area contributed by atoms with Crippen LogP contribution >= 0.6 is 0 Å². The van der Waals surface area contributed by atoms with Crippen LogP contribution in [0.1, 0.15) is 12.6 Å². The van der Waals surface area contributed by atoms with Gasteiger partial charge in [-0.15, -0.1) is 0 Å². The number of carbonyl (C=O) groups is 1. The Labute approximate surface area is 73.3 Å². The van der Waals surface area contributed by atoms with E-state index in [0.717, 1.165) is 0 Å². The summed E-state index contributed by atoms with van der Waals surface area (Å²) in [5, 5.41) is 8.20. The van der Waals surface area contributed by atoms with Crippen LogP contribution in [0.3, 0.4) is 0 Å². The maximum absolute atomic E-state index is 12.3. The topological polar surface area (TPSA) is 57.8 Å². The molecule has 72 valence electrons. The molecular formula is C7H9F2N3O. The molecule has 1 aromatic heterocycles.